The summed E-state index contributed by atoms with van der Waals surface area (Å²) in [6.45, 7) is 6.32. The lowest BCUT2D eigenvalue weighted by atomic mass is 10.1. The van der Waals surface area contributed by atoms with Crippen molar-refractivity contribution in [1.82, 2.24) is 4.90 Å². The van der Waals surface area contributed by atoms with Gasteiger partial charge in [-0.05, 0) is 18.7 Å². The van der Waals surface area contributed by atoms with Crippen molar-refractivity contribution in [3.05, 3.63) is 23.8 Å². The second-order valence-electron chi connectivity index (χ2n) is 4.84. The van der Waals surface area contributed by atoms with E-state index in [2.05, 4.69) is 17.1 Å². The highest BCUT2D eigenvalue weighted by atomic mass is 16.5. The predicted octanol–water partition coefficient (Wildman–Crippen LogP) is 1.10. The van der Waals surface area contributed by atoms with E-state index >= 15 is 0 Å². The molecule has 6 nitrogen and oxygen atoms in total. The molecule has 1 heterocycles. The number of hydrogen-bond donors (Lipinski definition) is 3. The molecule has 6 heteroatoms. The Labute approximate surface area is 118 Å². The molecule has 1 aromatic carbocycles. The standard InChI is InChI=1S/C14H21N3O3/c1-2-17-6-7-20-10(9-17)8-16-12-5-3-4-11(13(12)15)14(18)19/h3-5,10,16H,2,6-9,15H2,1H3,(H,18,19). The molecule has 0 saturated carbocycles. The van der Waals surface area contributed by atoms with Gasteiger partial charge in [0.15, 0.2) is 0 Å². The average Bonchev–Trinajstić information content (AvgIpc) is 2.46. The summed E-state index contributed by atoms with van der Waals surface area (Å²) in [5.74, 6) is -1.02. The highest BCUT2D eigenvalue weighted by Gasteiger charge is 2.19. The fourth-order valence-corrected chi connectivity index (χ4v) is 2.32. The third-order valence-electron chi connectivity index (χ3n) is 3.53. The van der Waals surface area contributed by atoms with Gasteiger partial charge in [0.2, 0.25) is 0 Å². The van der Waals surface area contributed by atoms with Crippen molar-refractivity contribution in [2.45, 2.75) is 13.0 Å². The summed E-state index contributed by atoms with van der Waals surface area (Å²) in [4.78, 5) is 13.3. The molecule has 4 N–H and O–H groups in total. The van der Waals surface area contributed by atoms with Crippen LogP contribution in [0.5, 0.6) is 0 Å². The third kappa shape index (κ3) is 3.40. The summed E-state index contributed by atoms with van der Waals surface area (Å²) in [5.41, 5.74) is 6.89. The maximum atomic E-state index is 11.0. The number of ether oxygens (including phenoxy) is 1. The van der Waals surface area contributed by atoms with Crippen molar-refractivity contribution in [2.24, 2.45) is 0 Å². The van der Waals surface area contributed by atoms with Crippen LogP contribution in [0.4, 0.5) is 11.4 Å². The number of anilines is 2. The van der Waals surface area contributed by atoms with Gasteiger partial charge >= 0.3 is 5.97 Å². The number of para-hydroxylation sites is 1. The lowest BCUT2D eigenvalue weighted by Gasteiger charge is -2.32. The maximum absolute atomic E-state index is 11.0. The van der Waals surface area contributed by atoms with Gasteiger partial charge in [0.1, 0.15) is 0 Å². The number of likely N-dealkylation sites (N-methyl/N-ethyl adjacent to an activating group) is 1. The number of nitrogen functional groups attached to an aromatic ring is 1. The Morgan fingerprint density at radius 3 is 3.10 bits per heavy atom. The molecule has 1 atom stereocenters. The summed E-state index contributed by atoms with van der Waals surface area (Å²) in [6, 6.07) is 4.96. The van der Waals surface area contributed by atoms with E-state index in [0.29, 0.717) is 12.2 Å². The van der Waals surface area contributed by atoms with Crippen molar-refractivity contribution in [1.29, 1.82) is 0 Å². The molecule has 0 spiro atoms. The number of nitrogens with zero attached hydrogens (tertiary/aromatic N) is 1. The normalized spacial score (nSPS) is 19.8. The number of carboxylic acids is 1. The van der Waals surface area contributed by atoms with Gasteiger partial charge in [-0.2, -0.15) is 0 Å². The van der Waals surface area contributed by atoms with Crippen LogP contribution in [0.2, 0.25) is 0 Å². The fraction of sp³-hybridized carbons (Fsp3) is 0.500. The smallest absolute Gasteiger partial charge is 0.337 e. The van der Waals surface area contributed by atoms with Crippen molar-refractivity contribution in [3.8, 4) is 0 Å². The van der Waals surface area contributed by atoms with E-state index in [1.807, 2.05) is 0 Å². The number of morpholine rings is 1. The number of benzene rings is 1. The van der Waals surface area contributed by atoms with Crippen molar-refractivity contribution in [3.63, 3.8) is 0 Å². The summed E-state index contributed by atoms with van der Waals surface area (Å²) in [6.07, 6.45) is 0.0941. The van der Waals surface area contributed by atoms with Crippen molar-refractivity contribution >= 4 is 17.3 Å². The Balaban J connectivity index is 1.97. The Kier molecular flexibility index (Phi) is 4.81. The summed E-state index contributed by atoms with van der Waals surface area (Å²) < 4.78 is 5.69. The van der Waals surface area contributed by atoms with E-state index in [0.717, 1.165) is 26.2 Å². The second kappa shape index (κ2) is 6.58. The molecule has 2 rings (SSSR count). The quantitative estimate of drug-likeness (QED) is 0.700. The minimum Gasteiger partial charge on any atom is -0.478 e. The zero-order valence-corrected chi connectivity index (χ0v) is 11.6. The zero-order valence-electron chi connectivity index (χ0n) is 11.6. The van der Waals surface area contributed by atoms with E-state index in [1.54, 1.807) is 12.1 Å². The topological polar surface area (TPSA) is 87.8 Å². The fourth-order valence-electron chi connectivity index (χ4n) is 2.32. The minimum absolute atomic E-state index is 0.0941. The summed E-state index contributed by atoms with van der Waals surface area (Å²) in [7, 11) is 0. The Bertz CT molecular complexity index is 479. The number of carbonyl (C=O) groups is 1. The van der Waals surface area contributed by atoms with Crippen molar-refractivity contribution in [2.75, 3.05) is 43.8 Å². The molecule has 1 aromatic rings. The largest absolute Gasteiger partial charge is 0.478 e. The highest BCUT2D eigenvalue weighted by molar-refractivity contribution is 5.97. The van der Waals surface area contributed by atoms with Crippen LogP contribution in [0.25, 0.3) is 0 Å². The first-order chi connectivity index (χ1) is 9.61. The minimum atomic E-state index is -1.02. The number of hydrogen-bond acceptors (Lipinski definition) is 5. The molecule has 0 aliphatic carbocycles. The number of nitrogens with two attached hydrogens (primary N) is 1. The molecule has 1 saturated heterocycles. The number of carboxylic acid groups (broad SMARTS) is 1. The second-order valence-corrected chi connectivity index (χ2v) is 4.84. The SMILES string of the molecule is CCN1CCOC(CNc2cccc(C(=O)O)c2N)C1. The molecule has 0 bridgehead atoms. The Hall–Kier alpha value is -1.79. The van der Waals surface area contributed by atoms with Crippen LogP contribution in [0.15, 0.2) is 18.2 Å². The van der Waals surface area contributed by atoms with Crippen LogP contribution in [-0.4, -0.2) is 54.9 Å². The van der Waals surface area contributed by atoms with Gasteiger partial charge in [-0.1, -0.05) is 13.0 Å². The molecule has 0 aromatic heterocycles. The lowest BCUT2D eigenvalue weighted by Crippen LogP contribution is -2.45. The Morgan fingerprint density at radius 2 is 2.40 bits per heavy atom. The number of nitrogens with one attached hydrogen (secondary N) is 1. The Morgan fingerprint density at radius 1 is 1.60 bits per heavy atom. The van der Waals surface area contributed by atoms with Gasteiger partial charge in [0.05, 0.1) is 29.6 Å². The molecule has 1 fully saturated rings. The first kappa shape index (κ1) is 14.6. The molecule has 1 aliphatic heterocycles. The first-order valence-corrected chi connectivity index (χ1v) is 6.81. The van der Waals surface area contributed by atoms with E-state index in [-0.39, 0.29) is 17.4 Å². The van der Waals surface area contributed by atoms with Gasteiger partial charge in [0, 0.05) is 19.6 Å². The first-order valence-electron chi connectivity index (χ1n) is 6.81. The molecular formula is C14H21N3O3. The van der Waals surface area contributed by atoms with E-state index in [4.69, 9.17) is 15.6 Å². The molecule has 1 unspecified atom stereocenters. The van der Waals surface area contributed by atoms with Crippen LogP contribution >= 0.6 is 0 Å². The van der Waals surface area contributed by atoms with Crippen LogP contribution in [0.1, 0.15) is 17.3 Å². The van der Waals surface area contributed by atoms with Crippen LogP contribution < -0.4 is 11.1 Å². The van der Waals surface area contributed by atoms with E-state index in [9.17, 15) is 4.79 Å². The van der Waals surface area contributed by atoms with Gasteiger partial charge in [-0.3, -0.25) is 4.90 Å². The van der Waals surface area contributed by atoms with Crippen LogP contribution in [0.3, 0.4) is 0 Å². The summed E-state index contributed by atoms with van der Waals surface area (Å²) in [5, 5.41) is 12.2. The third-order valence-corrected chi connectivity index (χ3v) is 3.53. The molecule has 0 radical (unpaired) electrons. The van der Waals surface area contributed by atoms with Gasteiger partial charge < -0.3 is 20.9 Å². The highest BCUT2D eigenvalue weighted by Crippen LogP contribution is 2.23. The van der Waals surface area contributed by atoms with E-state index in [1.165, 1.54) is 6.07 Å². The average molecular weight is 279 g/mol. The van der Waals surface area contributed by atoms with Crippen LogP contribution in [-0.2, 0) is 4.74 Å². The lowest BCUT2D eigenvalue weighted by molar-refractivity contribution is -0.0191. The molecule has 1 aliphatic rings. The van der Waals surface area contributed by atoms with Crippen molar-refractivity contribution < 1.29 is 14.6 Å². The maximum Gasteiger partial charge on any atom is 0.337 e. The van der Waals surface area contributed by atoms with Gasteiger partial charge in [0.25, 0.3) is 0 Å². The monoisotopic (exact) mass is 279 g/mol. The predicted molar refractivity (Wildman–Crippen MR) is 78.2 cm³/mol. The van der Waals surface area contributed by atoms with Crippen LogP contribution in [0, 0.1) is 0 Å². The van der Waals surface area contributed by atoms with Gasteiger partial charge in [-0.25, -0.2) is 4.79 Å². The number of aromatic carboxylic acids is 1. The molecule has 20 heavy (non-hydrogen) atoms. The molecule has 0 amide bonds. The summed E-state index contributed by atoms with van der Waals surface area (Å²) >= 11 is 0. The van der Waals surface area contributed by atoms with E-state index < -0.39 is 5.97 Å². The molecular weight excluding hydrogens is 258 g/mol. The number of rotatable bonds is 5. The zero-order chi connectivity index (χ0) is 14.5. The molecule has 110 valence electrons. The van der Waals surface area contributed by atoms with Gasteiger partial charge in [-0.15, -0.1) is 0 Å².